The Labute approximate surface area is 106 Å². The molecule has 1 nitrogen and oxygen atoms in total. The zero-order valence-corrected chi connectivity index (χ0v) is 11.8. The highest BCUT2D eigenvalue weighted by Crippen LogP contribution is 2.29. The summed E-state index contributed by atoms with van der Waals surface area (Å²) in [6, 6.07) is 1.97. The van der Waals surface area contributed by atoms with Gasteiger partial charge in [0, 0.05) is 0 Å². The maximum absolute atomic E-state index is 10.0. The third-order valence-corrected chi connectivity index (χ3v) is 3.66. The zero-order chi connectivity index (χ0) is 12.8. The molecule has 0 spiro atoms. The minimum atomic E-state index is 0.479. The predicted octanol–water partition coefficient (Wildman–Crippen LogP) is 4.69. The zero-order valence-electron chi connectivity index (χ0n) is 11.8. The van der Waals surface area contributed by atoms with E-state index >= 15 is 0 Å². The second-order valence-electron chi connectivity index (χ2n) is 4.99. The summed E-state index contributed by atoms with van der Waals surface area (Å²) >= 11 is 0. The van der Waals surface area contributed by atoms with Crippen LogP contribution in [-0.2, 0) is 12.8 Å². The fourth-order valence-electron chi connectivity index (χ4n) is 2.37. The van der Waals surface area contributed by atoms with Crippen LogP contribution in [0.1, 0.15) is 61.8 Å². The van der Waals surface area contributed by atoms with E-state index in [0.29, 0.717) is 5.75 Å². The molecule has 0 saturated carbocycles. The van der Waals surface area contributed by atoms with Crippen LogP contribution in [0.3, 0.4) is 0 Å². The Kier molecular flexibility index (Phi) is 5.54. The maximum Gasteiger partial charge on any atom is 0.119 e. The number of aromatic hydroxyl groups is 1. The molecule has 17 heavy (non-hydrogen) atoms. The number of unbranched alkanes of at least 4 members (excludes halogenated alkanes) is 2. The first-order valence-corrected chi connectivity index (χ1v) is 6.92. The number of benzene rings is 1. The van der Waals surface area contributed by atoms with Crippen molar-refractivity contribution in [1.29, 1.82) is 0 Å². The van der Waals surface area contributed by atoms with E-state index < -0.39 is 0 Å². The molecular formula is C16H26O. The van der Waals surface area contributed by atoms with Gasteiger partial charge in [-0.1, -0.05) is 26.7 Å². The van der Waals surface area contributed by atoms with E-state index in [0.717, 1.165) is 18.4 Å². The first-order chi connectivity index (χ1) is 8.11. The Morgan fingerprint density at radius 2 is 1.53 bits per heavy atom. The van der Waals surface area contributed by atoms with E-state index in [4.69, 9.17) is 0 Å². The summed E-state index contributed by atoms with van der Waals surface area (Å²) in [6.07, 6.45) is 7.02. The fourth-order valence-corrected chi connectivity index (χ4v) is 2.37. The van der Waals surface area contributed by atoms with E-state index in [9.17, 15) is 5.11 Å². The van der Waals surface area contributed by atoms with Gasteiger partial charge in [-0.25, -0.2) is 0 Å². The lowest BCUT2D eigenvalue weighted by Gasteiger charge is -2.16. The monoisotopic (exact) mass is 234 g/mol. The highest BCUT2D eigenvalue weighted by atomic mass is 16.3. The Bertz CT molecular complexity index is 366. The lowest BCUT2D eigenvalue weighted by Crippen LogP contribution is -2.00. The lowest BCUT2D eigenvalue weighted by atomic mass is 9.91. The molecule has 0 unspecified atom stereocenters. The highest BCUT2D eigenvalue weighted by molar-refractivity contribution is 5.48. The largest absolute Gasteiger partial charge is 0.508 e. The minimum Gasteiger partial charge on any atom is -0.508 e. The summed E-state index contributed by atoms with van der Waals surface area (Å²) in [5, 5.41) is 10.0. The molecule has 0 saturated heterocycles. The molecule has 0 bridgehead atoms. The van der Waals surface area contributed by atoms with Crippen LogP contribution in [0.4, 0.5) is 0 Å². The number of phenolic OH excluding ortho intramolecular Hbond substituents is 1. The number of aryl methyl sites for hydroxylation is 1. The van der Waals surface area contributed by atoms with E-state index in [2.05, 4.69) is 20.8 Å². The molecule has 0 aliphatic heterocycles. The highest BCUT2D eigenvalue weighted by Gasteiger charge is 2.11. The second-order valence-corrected chi connectivity index (χ2v) is 4.99. The second kappa shape index (κ2) is 6.68. The van der Waals surface area contributed by atoms with Crippen LogP contribution in [-0.4, -0.2) is 5.11 Å². The summed E-state index contributed by atoms with van der Waals surface area (Å²) in [4.78, 5) is 0. The van der Waals surface area contributed by atoms with Gasteiger partial charge in [0.1, 0.15) is 5.75 Å². The molecule has 0 aromatic heterocycles. The molecule has 1 aromatic carbocycles. The Hall–Kier alpha value is -0.980. The smallest absolute Gasteiger partial charge is 0.119 e. The molecule has 1 rings (SSSR count). The summed E-state index contributed by atoms with van der Waals surface area (Å²) in [5.74, 6) is 0.479. The van der Waals surface area contributed by atoms with Crippen molar-refractivity contribution in [3.63, 3.8) is 0 Å². The van der Waals surface area contributed by atoms with Crippen LogP contribution in [0.5, 0.6) is 5.75 Å². The van der Waals surface area contributed by atoms with Crippen molar-refractivity contribution in [2.24, 2.45) is 0 Å². The van der Waals surface area contributed by atoms with Crippen LogP contribution < -0.4 is 0 Å². The van der Waals surface area contributed by atoms with Gasteiger partial charge in [0.15, 0.2) is 0 Å². The Morgan fingerprint density at radius 1 is 0.941 bits per heavy atom. The SMILES string of the molecule is CCCCc1cc(O)c(C)c(CCCC)c1C. The number of hydrogen-bond acceptors (Lipinski definition) is 1. The normalized spacial score (nSPS) is 10.8. The number of rotatable bonds is 6. The van der Waals surface area contributed by atoms with Gasteiger partial charge in [-0.2, -0.15) is 0 Å². The summed E-state index contributed by atoms with van der Waals surface area (Å²) in [5.41, 5.74) is 5.19. The third kappa shape index (κ3) is 3.49. The van der Waals surface area contributed by atoms with E-state index in [1.165, 1.54) is 42.4 Å². The molecule has 0 radical (unpaired) electrons. The van der Waals surface area contributed by atoms with Crippen molar-refractivity contribution < 1.29 is 5.11 Å². The van der Waals surface area contributed by atoms with E-state index in [-0.39, 0.29) is 0 Å². The molecule has 0 fully saturated rings. The van der Waals surface area contributed by atoms with E-state index in [1.54, 1.807) is 0 Å². The number of phenols is 1. The summed E-state index contributed by atoms with van der Waals surface area (Å²) in [7, 11) is 0. The van der Waals surface area contributed by atoms with Gasteiger partial charge in [0.05, 0.1) is 0 Å². The topological polar surface area (TPSA) is 20.2 Å². The van der Waals surface area contributed by atoms with Crippen LogP contribution >= 0.6 is 0 Å². The number of hydrogen-bond donors (Lipinski definition) is 1. The van der Waals surface area contributed by atoms with Gasteiger partial charge in [0.2, 0.25) is 0 Å². The molecule has 1 N–H and O–H groups in total. The summed E-state index contributed by atoms with van der Waals surface area (Å²) < 4.78 is 0. The Morgan fingerprint density at radius 3 is 2.12 bits per heavy atom. The van der Waals surface area contributed by atoms with Gasteiger partial charge in [-0.3, -0.25) is 0 Å². The van der Waals surface area contributed by atoms with Gasteiger partial charge in [-0.15, -0.1) is 0 Å². The van der Waals surface area contributed by atoms with Crippen molar-refractivity contribution in [2.45, 2.75) is 66.2 Å². The quantitative estimate of drug-likeness (QED) is 0.756. The summed E-state index contributed by atoms with van der Waals surface area (Å²) in [6.45, 7) is 8.67. The van der Waals surface area contributed by atoms with Crippen molar-refractivity contribution in [1.82, 2.24) is 0 Å². The van der Waals surface area contributed by atoms with Crippen LogP contribution in [0.2, 0.25) is 0 Å². The predicted molar refractivity (Wildman–Crippen MR) is 74.8 cm³/mol. The molecule has 0 aliphatic rings. The third-order valence-electron chi connectivity index (χ3n) is 3.66. The minimum absolute atomic E-state index is 0.479. The first kappa shape index (κ1) is 14.1. The van der Waals surface area contributed by atoms with Crippen LogP contribution in [0.15, 0.2) is 6.07 Å². The van der Waals surface area contributed by atoms with Crippen molar-refractivity contribution in [3.05, 3.63) is 28.3 Å². The van der Waals surface area contributed by atoms with Crippen molar-refractivity contribution >= 4 is 0 Å². The van der Waals surface area contributed by atoms with Crippen molar-refractivity contribution in [2.75, 3.05) is 0 Å². The van der Waals surface area contributed by atoms with Crippen LogP contribution in [0, 0.1) is 13.8 Å². The van der Waals surface area contributed by atoms with Crippen LogP contribution in [0.25, 0.3) is 0 Å². The standard InChI is InChI=1S/C16H26O/c1-5-7-9-14-11-16(17)13(4)15(12(14)3)10-8-6-2/h11,17H,5-10H2,1-4H3. The molecule has 1 heteroatoms. The molecule has 0 atom stereocenters. The van der Waals surface area contributed by atoms with Gasteiger partial charge < -0.3 is 5.11 Å². The van der Waals surface area contributed by atoms with Gasteiger partial charge in [-0.05, 0) is 67.9 Å². The van der Waals surface area contributed by atoms with E-state index in [1.807, 2.05) is 13.0 Å². The molecule has 96 valence electrons. The van der Waals surface area contributed by atoms with Gasteiger partial charge >= 0.3 is 0 Å². The average molecular weight is 234 g/mol. The molecule has 0 amide bonds. The van der Waals surface area contributed by atoms with Crippen molar-refractivity contribution in [3.8, 4) is 5.75 Å². The molecule has 0 aliphatic carbocycles. The molecule has 0 heterocycles. The Balaban J connectivity index is 3.04. The maximum atomic E-state index is 10.0. The first-order valence-electron chi connectivity index (χ1n) is 6.92. The fraction of sp³-hybridized carbons (Fsp3) is 0.625. The van der Waals surface area contributed by atoms with Gasteiger partial charge in [0.25, 0.3) is 0 Å². The lowest BCUT2D eigenvalue weighted by molar-refractivity contribution is 0.468. The average Bonchev–Trinajstić information content (AvgIpc) is 2.32. The molecule has 1 aromatic rings. The molecular weight excluding hydrogens is 208 g/mol.